The van der Waals surface area contributed by atoms with Gasteiger partial charge in [-0.3, -0.25) is 9.55 Å². The van der Waals surface area contributed by atoms with Crippen molar-refractivity contribution >= 4 is 11.3 Å². The number of H-pyrrole nitrogens is 1. The standard InChI is InChI=1S/C19H26N6O2/c1-13(2)12-25-18-17(23-19(25)26)22-15(11-21-18)14-6-7-16(20-10-14)27-9-5-8-24(3)4/h6-7,10-11,13H,5,8-9,12H2,1-4H3,(H,22,23,26). The van der Waals surface area contributed by atoms with Crippen molar-refractivity contribution in [2.45, 2.75) is 26.8 Å². The first-order valence-electron chi connectivity index (χ1n) is 9.13. The van der Waals surface area contributed by atoms with Crippen LogP contribution in [-0.2, 0) is 6.54 Å². The van der Waals surface area contributed by atoms with E-state index in [4.69, 9.17) is 4.74 Å². The van der Waals surface area contributed by atoms with Gasteiger partial charge in [-0.15, -0.1) is 0 Å². The lowest BCUT2D eigenvalue weighted by atomic mass is 10.2. The predicted octanol–water partition coefficient (Wildman–Crippen LogP) is 2.17. The van der Waals surface area contributed by atoms with Crippen LogP contribution in [-0.4, -0.2) is 56.6 Å². The minimum absolute atomic E-state index is 0.185. The zero-order valence-corrected chi connectivity index (χ0v) is 16.3. The molecule has 3 aromatic rings. The van der Waals surface area contributed by atoms with Crippen molar-refractivity contribution in [3.8, 4) is 17.1 Å². The molecule has 3 heterocycles. The van der Waals surface area contributed by atoms with Crippen molar-refractivity contribution in [1.82, 2.24) is 29.4 Å². The van der Waals surface area contributed by atoms with Crippen LogP contribution in [0.1, 0.15) is 20.3 Å². The number of pyridine rings is 1. The van der Waals surface area contributed by atoms with Crippen LogP contribution in [0.5, 0.6) is 5.88 Å². The zero-order chi connectivity index (χ0) is 19.4. The highest BCUT2D eigenvalue weighted by atomic mass is 16.5. The van der Waals surface area contributed by atoms with Crippen LogP contribution in [0.2, 0.25) is 0 Å². The molecular weight excluding hydrogens is 344 g/mol. The number of rotatable bonds is 8. The quantitative estimate of drug-likeness (QED) is 0.611. The van der Waals surface area contributed by atoms with Gasteiger partial charge in [0.2, 0.25) is 5.88 Å². The Morgan fingerprint density at radius 2 is 2.04 bits per heavy atom. The van der Waals surface area contributed by atoms with Crippen molar-refractivity contribution in [1.29, 1.82) is 0 Å². The molecule has 0 aliphatic carbocycles. The molecule has 0 atom stereocenters. The molecule has 0 saturated heterocycles. The molecule has 0 aliphatic rings. The molecule has 3 aromatic heterocycles. The summed E-state index contributed by atoms with van der Waals surface area (Å²) in [6, 6.07) is 3.72. The Morgan fingerprint density at radius 1 is 1.22 bits per heavy atom. The fourth-order valence-electron chi connectivity index (χ4n) is 2.78. The van der Waals surface area contributed by atoms with Crippen LogP contribution < -0.4 is 10.4 Å². The molecule has 0 unspecified atom stereocenters. The first kappa shape index (κ1) is 19.0. The van der Waals surface area contributed by atoms with Gasteiger partial charge in [0.1, 0.15) is 0 Å². The van der Waals surface area contributed by atoms with Crippen molar-refractivity contribution in [2.24, 2.45) is 5.92 Å². The minimum atomic E-state index is -0.185. The van der Waals surface area contributed by atoms with Gasteiger partial charge in [0.05, 0.1) is 18.5 Å². The normalized spacial score (nSPS) is 11.6. The van der Waals surface area contributed by atoms with Gasteiger partial charge in [-0.1, -0.05) is 13.8 Å². The number of imidazole rings is 1. The first-order valence-corrected chi connectivity index (χ1v) is 9.13. The summed E-state index contributed by atoms with van der Waals surface area (Å²) in [6.07, 6.45) is 4.32. The second-order valence-electron chi connectivity index (χ2n) is 7.25. The van der Waals surface area contributed by atoms with Gasteiger partial charge in [-0.25, -0.2) is 19.7 Å². The van der Waals surface area contributed by atoms with E-state index in [0.29, 0.717) is 41.9 Å². The van der Waals surface area contributed by atoms with Crippen molar-refractivity contribution in [3.63, 3.8) is 0 Å². The molecule has 0 saturated carbocycles. The van der Waals surface area contributed by atoms with E-state index in [2.05, 4.69) is 38.7 Å². The van der Waals surface area contributed by atoms with Crippen LogP contribution in [0, 0.1) is 5.92 Å². The van der Waals surface area contributed by atoms with Crippen LogP contribution in [0.3, 0.4) is 0 Å². The Labute approximate surface area is 158 Å². The molecule has 8 nitrogen and oxygen atoms in total. The van der Waals surface area contributed by atoms with E-state index in [1.54, 1.807) is 17.0 Å². The summed E-state index contributed by atoms with van der Waals surface area (Å²) in [6.45, 7) is 6.32. The minimum Gasteiger partial charge on any atom is -0.478 e. The Balaban J connectivity index is 1.74. The van der Waals surface area contributed by atoms with E-state index in [1.807, 2.05) is 26.2 Å². The summed E-state index contributed by atoms with van der Waals surface area (Å²) < 4.78 is 7.27. The van der Waals surface area contributed by atoms with Gasteiger partial charge in [0.25, 0.3) is 0 Å². The summed E-state index contributed by atoms with van der Waals surface area (Å²) in [7, 11) is 4.07. The van der Waals surface area contributed by atoms with Gasteiger partial charge in [-0.2, -0.15) is 0 Å². The number of aromatic nitrogens is 5. The second kappa shape index (κ2) is 8.30. The monoisotopic (exact) mass is 370 g/mol. The van der Waals surface area contributed by atoms with Crippen LogP contribution in [0.4, 0.5) is 0 Å². The number of aromatic amines is 1. The average molecular weight is 370 g/mol. The molecule has 0 radical (unpaired) electrons. The molecule has 144 valence electrons. The van der Waals surface area contributed by atoms with E-state index < -0.39 is 0 Å². The fourth-order valence-corrected chi connectivity index (χ4v) is 2.78. The molecule has 0 spiro atoms. The largest absolute Gasteiger partial charge is 0.478 e. The summed E-state index contributed by atoms with van der Waals surface area (Å²) in [5.41, 5.74) is 2.36. The van der Waals surface area contributed by atoms with Gasteiger partial charge in [-0.05, 0) is 32.5 Å². The van der Waals surface area contributed by atoms with E-state index in [9.17, 15) is 4.79 Å². The maximum atomic E-state index is 12.1. The maximum absolute atomic E-state index is 12.1. The number of hydrogen-bond donors (Lipinski definition) is 1. The third-order valence-electron chi connectivity index (χ3n) is 4.06. The molecule has 0 bridgehead atoms. The molecular formula is C19H26N6O2. The van der Waals surface area contributed by atoms with Crippen molar-refractivity contribution in [3.05, 3.63) is 35.0 Å². The van der Waals surface area contributed by atoms with Gasteiger partial charge in [0, 0.05) is 30.9 Å². The Kier molecular flexibility index (Phi) is 5.85. The zero-order valence-electron chi connectivity index (χ0n) is 16.3. The summed E-state index contributed by atoms with van der Waals surface area (Å²) in [4.78, 5) is 30.3. The SMILES string of the molecule is CC(C)Cn1c(=O)[nH]c2nc(-c3ccc(OCCCN(C)C)nc3)cnc21. The third-order valence-corrected chi connectivity index (χ3v) is 4.06. The number of ether oxygens (including phenoxy) is 1. The Bertz CT molecular complexity index is 943. The molecule has 3 rings (SSSR count). The summed E-state index contributed by atoms with van der Waals surface area (Å²) in [5, 5.41) is 0. The first-order chi connectivity index (χ1) is 12.9. The maximum Gasteiger partial charge on any atom is 0.328 e. The molecule has 0 aromatic carbocycles. The van der Waals surface area contributed by atoms with Crippen molar-refractivity contribution < 1.29 is 4.74 Å². The van der Waals surface area contributed by atoms with E-state index in [-0.39, 0.29) is 5.69 Å². The summed E-state index contributed by atoms with van der Waals surface area (Å²) in [5.74, 6) is 0.931. The van der Waals surface area contributed by atoms with Crippen LogP contribution in [0.15, 0.2) is 29.3 Å². The van der Waals surface area contributed by atoms with Crippen LogP contribution >= 0.6 is 0 Å². The Hall–Kier alpha value is -2.74. The molecule has 8 heteroatoms. The fraction of sp³-hybridized carbons (Fsp3) is 0.474. The summed E-state index contributed by atoms with van der Waals surface area (Å²) >= 11 is 0. The Morgan fingerprint density at radius 3 is 2.70 bits per heavy atom. The number of nitrogens with zero attached hydrogens (tertiary/aromatic N) is 5. The molecule has 27 heavy (non-hydrogen) atoms. The smallest absolute Gasteiger partial charge is 0.328 e. The van der Waals surface area contributed by atoms with Gasteiger partial charge < -0.3 is 9.64 Å². The third kappa shape index (κ3) is 4.71. The lowest BCUT2D eigenvalue weighted by molar-refractivity contribution is 0.273. The van der Waals surface area contributed by atoms with Gasteiger partial charge in [0.15, 0.2) is 11.3 Å². The van der Waals surface area contributed by atoms with Crippen LogP contribution in [0.25, 0.3) is 22.6 Å². The number of hydrogen-bond acceptors (Lipinski definition) is 6. The van der Waals surface area contributed by atoms with E-state index >= 15 is 0 Å². The number of fused-ring (bicyclic) bond motifs is 1. The highest BCUT2D eigenvalue weighted by molar-refractivity contribution is 5.70. The lowest BCUT2D eigenvalue weighted by Gasteiger charge is -2.10. The van der Waals surface area contributed by atoms with E-state index in [0.717, 1.165) is 18.5 Å². The molecule has 0 aliphatic heterocycles. The molecule has 1 N–H and O–H groups in total. The lowest BCUT2D eigenvalue weighted by Crippen LogP contribution is -2.19. The molecule has 0 fully saturated rings. The second-order valence-corrected chi connectivity index (χ2v) is 7.25. The highest BCUT2D eigenvalue weighted by Gasteiger charge is 2.12. The predicted molar refractivity (Wildman–Crippen MR) is 105 cm³/mol. The van der Waals surface area contributed by atoms with E-state index in [1.165, 1.54) is 0 Å². The topological polar surface area (TPSA) is 88.9 Å². The average Bonchev–Trinajstić information content (AvgIpc) is 2.93. The highest BCUT2D eigenvalue weighted by Crippen LogP contribution is 2.19. The molecule has 0 amide bonds. The van der Waals surface area contributed by atoms with Crippen molar-refractivity contribution in [2.75, 3.05) is 27.2 Å². The number of nitrogens with one attached hydrogen (secondary N) is 1. The van der Waals surface area contributed by atoms with Gasteiger partial charge >= 0.3 is 5.69 Å².